The molecule has 1 heterocycles. The van der Waals surface area contributed by atoms with Crippen LogP contribution < -0.4 is 0 Å². The largest absolute Gasteiger partial charge is 0.481 e. The SMILES string of the molecule is CC(C)(C)c1ccc2c(c1)C(=O)N(CC[C@@H](C(=O)O)[C@H](O)CCc1ccc(-c3ccc(F)cc3)cc1)C2=O. The maximum atomic E-state index is 13.2. The van der Waals surface area contributed by atoms with Crippen LogP contribution in [0.25, 0.3) is 11.1 Å². The zero-order valence-electron chi connectivity index (χ0n) is 21.8. The molecule has 38 heavy (non-hydrogen) atoms. The van der Waals surface area contributed by atoms with E-state index in [0.717, 1.165) is 27.2 Å². The monoisotopic (exact) mass is 517 g/mol. The number of benzene rings is 3. The van der Waals surface area contributed by atoms with Gasteiger partial charge in [0.25, 0.3) is 11.8 Å². The summed E-state index contributed by atoms with van der Waals surface area (Å²) in [5.74, 6) is -3.47. The highest BCUT2D eigenvalue weighted by Gasteiger charge is 2.37. The Morgan fingerprint density at radius 1 is 0.868 bits per heavy atom. The van der Waals surface area contributed by atoms with Gasteiger partial charge in [0.05, 0.1) is 23.1 Å². The molecule has 2 atom stereocenters. The summed E-state index contributed by atoms with van der Waals surface area (Å²) in [5, 5.41) is 20.5. The van der Waals surface area contributed by atoms with Gasteiger partial charge in [-0.2, -0.15) is 0 Å². The highest BCUT2D eigenvalue weighted by Crippen LogP contribution is 2.30. The van der Waals surface area contributed by atoms with Crippen molar-refractivity contribution in [2.75, 3.05) is 6.54 Å². The van der Waals surface area contributed by atoms with Gasteiger partial charge in [-0.15, -0.1) is 0 Å². The van der Waals surface area contributed by atoms with Crippen LogP contribution in [0.15, 0.2) is 66.7 Å². The van der Waals surface area contributed by atoms with Crippen molar-refractivity contribution in [3.63, 3.8) is 0 Å². The number of hydrogen-bond acceptors (Lipinski definition) is 4. The van der Waals surface area contributed by atoms with Gasteiger partial charge in [0.1, 0.15) is 5.82 Å². The first-order chi connectivity index (χ1) is 18.0. The third-order valence-corrected chi connectivity index (χ3v) is 7.14. The summed E-state index contributed by atoms with van der Waals surface area (Å²) >= 11 is 0. The fraction of sp³-hybridized carbons (Fsp3) is 0.323. The molecule has 0 aliphatic carbocycles. The van der Waals surface area contributed by atoms with Crippen molar-refractivity contribution < 1.29 is 29.0 Å². The Hall–Kier alpha value is -3.84. The van der Waals surface area contributed by atoms with Crippen LogP contribution >= 0.6 is 0 Å². The minimum Gasteiger partial charge on any atom is -0.481 e. The van der Waals surface area contributed by atoms with E-state index in [2.05, 4.69) is 0 Å². The van der Waals surface area contributed by atoms with E-state index in [-0.39, 0.29) is 30.6 Å². The number of aliphatic hydroxyl groups is 1. The van der Waals surface area contributed by atoms with Gasteiger partial charge < -0.3 is 10.2 Å². The second-order valence-electron chi connectivity index (χ2n) is 10.8. The lowest BCUT2D eigenvalue weighted by atomic mass is 9.85. The zero-order valence-corrected chi connectivity index (χ0v) is 21.8. The van der Waals surface area contributed by atoms with Gasteiger partial charge in [-0.25, -0.2) is 4.39 Å². The molecule has 1 aliphatic heterocycles. The molecule has 0 saturated heterocycles. The Bertz CT molecular complexity index is 1340. The zero-order chi connectivity index (χ0) is 27.6. The third-order valence-electron chi connectivity index (χ3n) is 7.14. The highest BCUT2D eigenvalue weighted by atomic mass is 19.1. The Kier molecular flexibility index (Phi) is 7.78. The van der Waals surface area contributed by atoms with E-state index in [0.29, 0.717) is 17.5 Å². The second-order valence-corrected chi connectivity index (χ2v) is 10.8. The smallest absolute Gasteiger partial charge is 0.309 e. The van der Waals surface area contributed by atoms with Crippen molar-refractivity contribution in [3.8, 4) is 11.1 Å². The molecule has 0 spiro atoms. The number of aryl methyl sites for hydroxylation is 1. The van der Waals surface area contributed by atoms with Crippen LogP contribution in [0.1, 0.15) is 65.5 Å². The quantitative estimate of drug-likeness (QED) is 0.367. The molecule has 2 N–H and O–H groups in total. The molecule has 0 aromatic heterocycles. The molecule has 0 bridgehead atoms. The van der Waals surface area contributed by atoms with Gasteiger partial charge in [0, 0.05) is 6.54 Å². The van der Waals surface area contributed by atoms with Gasteiger partial charge in [0.2, 0.25) is 0 Å². The Labute approximate surface area is 221 Å². The molecular weight excluding hydrogens is 485 g/mol. The van der Waals surface area contributed by atoms with Crippen molar-refractivity contribution in [1.29, 1.82) is 0 Å². The number of carbonyl (C=O) groups excluding carboxylic acids is 2. The lowest BCUT2D eigenvalue weighted by molar-refractivity contribution is -0.146. The Balaban J connectivity index is 1.36. The summed E-state index contributed by atoms with van der Waals surface area (Å²) in [5.41, 5.74) is 4.13. The number of halogens is 1. The van der Waals surface area contributed by atoms with Gasteiger partial charge in [-0.1, -0.05) is 63.2 Å². The number of aliphatic carboxylic acids is 1. The molecular formula is C31H32FNO5. The van der Waals surface area contributed by atoms with Gasteiger partial charge >= 0.3 is 5.97 Å². The number of imide groups is 1. The van der Waals surface area contributed by atoms with E-state index < -0.39 is 29.8 Å². The average molecular weight is 518 g/mol. The molecule has 6 nitrogen and oxygen atoms in total. The fourth-order valence-electron chi connectivity index (χ4n) is 4.73. The molecule has 4 rings (SSSR count). The molecule has 0 fully saturated rings. The topological polar surface area (TPSA) is 94.9 Å². The summed E-state index contributed by atoms with van der Waals surface area (Å²) < 4.78 is 13.2. The Morgan fingerprint density at radius 3 is 2.03 bits per heavy atom. The van der Waals surface area contributed by atoms with E-state index >= 15 is 0 Å². The van der Waals surface area contributed by atoms with Gasteiger partial charge in [-0.05, 0) is 71.2 Å². The van der Waals surface area contributed by atoms with E-state index in [4.69, 9.17) is 0 Å². The number of aliphatic hydroxyl groups excluding tert-OH is 1. The number of carboxylic acid groups (broad SMARTS) is 1. The number of nitrogens with zero attached hydrogens (tertiary/aromatic N) is 1. The summed E-state index contributed by atoms with van der Waals surface area (Å²) in [6.07, 6.45) is -0.523. The van der Waals surface area contributed by atoms with Crippen LogP contribution in [0.5, 0.6) is 0 Å². The van der Waals surface area contributed by atoms with Crippen LogP contribution in [0.3, 0.4) is 0 Å². The predicted octanol–water partition coefficient (Wildman–Crippen LogP) is 5.47. The maximum absolute atomic E-state index is 13.2. The first-order valence-corrected chi connectivity index (χ1v) is 12.7. The van der Waals surface area contributed by atoms with E-state index in [1.165, 1.54) is 12.1 Å². The molecule has 198 valence electrons. The molecule has 0 radical (unpaired) electrons. The number of amides is 2. The van der Waals surface area contributed by atoms with Crippen molar-refractivity contribution in [2.24, 2.45) is 5.92 Å². The minimum atomic E-state index is -1.17. The minimum absolute atomic E-state index is 0.0440. The molecule has 0 unspecified atom stereocenters. The molecule has 2 amide bonds. The second kappa shape index (κ2) is 10.9. The number of fused-ring (bicyclic) bond motifs is 1. The first-order valence-electron chi connectivity index (χ1n) is 12.7. The van der Waals surface area contributed by atoms with E-state index in [1.807, 2.05) is 51.1 Å². The molecule has 3 aromatic carbocycles. The summed E-state index contributed by atoms with van der Waals surface area (Å²) in [6.45, 7) is 5.98. The first kappa shape index (κ1) is 27.2. The molecule has 7 heteroatoms. The summed E-state index contributed by atoms with van der Waals surface area (Å²) in [6, 6.07) is 19.0. The van der Waals surface area contributed by atoms with Crippen LogP contribution in [0.4, 0.5) is 4.39 Å². The molecule has 0 saturated carbocycles. The Morgan fingerprint density at radius 2 is 1.45 bits per heavy atom. The number of rotatable bonds is 9. The van der Waals surface area contributed by atoms with Gasteiger partial charge in [0.15, 0.2) is 0 Å². The van der Waals surface area contributed by atoms with Crippen LogP contribution in [-0.2, 0) is 16.6 Å². The van der Waals surface area contributed by atoms with Crippen molar-refractivity contribution in [2.45, 2.75) is 51.6 Å². The summed E-state index contributed by atoms with van der Waals surface area (Å²) in [4.78, 5) is 38.8. The third kappa shape index (κ3) is 5.83. The molecule has 3 aromatic rings. The normalized spacial score (nSPS) is 14.9. The van der Waals surface area contributed by atoms with Crippen molar-refractivity contribution in [1.82, 2.24) is 4.90 Å². The number of carboxylic acids is 1. The fourth-order valence-corrected chi connectivity index (χ4v) is 4.73. The lowest BCUT2D eigenvalue weighted by Crippen LogP contribution is -2.36. The highest BCUT2D eigenvalue weighted by molar-refractivity contribution is 6.21. The number of carbonyl (C=O) groups is 3. The standard InChI is InChI=1S/C31H32FNO5/c1-31(2,3)22-11-14-24-26(18-22)29(36)33(28(24)35)17-16-25(30(37)38)27(34)15-6-19-4-7-20(8-5-19)21-9-12-23(32)13-10-21/h4-5,7-14,18,25,27,34H,6,15-17H2,1-3H3,(H,37,38)/t25-,27-/m1/s1. The van der Waals surface area contributed by atoms with Crippen LogP contribution in [-0.4, -0.2) is 45.5 Å². The van der Waals surface area contributed by atoms with Crippen molar-refractivity contribution in [3.05, 3.63) is 94.8 Å². The maximum Gasteiger partial charge on any atom is 0.309 e. The van der Waals surface area contributed by atoms with Crippen LogP contribution in [0.2, 0.25) is 0 Å². The summed E-state index contributed by atoms with van der Waals surface area (Å²) in [7, 11) is 0. The molecule has 1 aliphatic rings. The van der Waals surface area contributed by atoms with Crippen molar-refractivity contribution >= 4 is 17.8 Å². The van der Waals surface area contributed by atoms with Gasteiger partial charge in [-0.3, -0.25) is 19.3 Å². The van der Waals surface area contributed by atoms with Crippen LogP contribution in [0, 0.1) is 11.7 Å². The predicted molar refractivity (Wildman–Crippen MR) is 142 cm³/mol. The average Bonchev–Trinajstić information content (AvgIpc) is 3.12. The lowest BCUT2D eigenvalue weighted by Gasteiger charge is -2.22. The van der Waals surface area contributed by atoms with E-state index in [1.54, 1.807) is 24.3 Å². The number of hydrogen-bond donors (Lipinski definition) is 2. The van der Waals surface area contributed by atoms with E-state index in [9.17, 15) is 29.0 Å².